The molecule has 0 aromatic heterocycles. The summed E-state index contributed by atoms with van der Waals surface area (Å²) in [6.07, 6.45) is 5.00. The summed E-state index contributed by atoms with van der Waals surface area (Å²) < 4.78 is 5.65. The highest BCUT2D eigenvalue weighted by Crippen LogP contribution is 2.12. The molecule has 0 aliphatic rings. The third-order valence-corrected chi connectivity index (χ3v) is 3.48. The second kappa shape index (κ2) is 9.35. The first-order chi connectivity index (χ1) is 11.7. The van der Waals surface area contributed by atoms with Gasteiger partial charge in [-0.05, 0) is 48.4 Å². The van der Waals surface area contributed by atoms with E-state index in [0.29, 0.717) is 11.3 Å². The second-order valence-corrected chi connectivity index (χ2v) is 5.41. The van der Waals surface area contributed by atoms with Crippen LogP contribution in [0.4, 0.5) is 5.69 Å². The van der Waals surface area contributed by atoms with Gasteiger partial charge in [0.05, 0.1) is 18.4 Å². The van der Waals surface area contributed by atoms with Gasteiger partial charge in [-0.1, -0.05) is 31.9 Å². The Kier molecular flexibility index (Phi) is 6.83. The lowest BCUT2D eigenvalue weighted by Gasteiger charge is -2.05. The van der Waals surface area contributed by atoms with Gasteiger partial charge in [0.1, 0.15) is 5.75 Å². The summed E-state index contributed by atoms with van der Waals surface area (Å²) in [6, 6.07) is 14.4. The Balaban J connectivity index is 1.84. The first-order valence-corrected chi connectivity index (χ1v) is 8.11. The van der Waals surface area contributed by atoms with Crippen LogP contribution in [0.5, 0.6) is 5.75 Å². The zero-order chi connectivity index (χ0) is 17.2. The predicted octanol–water partition coefficient (Wildman–Crippen LogP) is 3.60. The smallest absolute Gasteiger partial charge is 0.273 e. The summed E-state index contributed by atoms with van der Waals surface area (Å²) in [5, 5.41) is 3.95. The molecule has 2 aromatic carbocycles. The number of anilines is 1. The van der Waals surface area contributed by atoms with Gasteiger partial charge in [-0.15, -0.1) is 0 Å². The fraction of sp³-hybridized carbons (Fsp3) is 0.263. The first-order valence-electron chi connectivity index (χ1n) is 8.11. The van der Waals surface area contributed by atoms with E-state index in [9.17, 15) is 4.79 Å². The lowest BCUT2D eigenvalue weighted by atomic mass is 10.2. The largest absolute Gasteiger partial charge is 0.494 e. The topological polar surface area (TPSA) is 76.7 Å². The van der Waals surface area contributed by atoms with Gasteiger partial charge < -0.3 is 10.5 Å². The van der Waals surface area contributed by atoms with E-state index in [-0.39, 0.29) is 5.91 Å². The lowest BCUT2D eigenvalue weighted by Crippen LogP contribution is -2.18. The Morgan fingerprint density at radius 3 is 2.62 bits per heavy atom. The molecule has 0 heterocycles. The highest BCUT2D eigenvalue weighted by Gasteiger charge is 2.06. The molecule has 0 saturated heterocycles. The van der Waals surface area contributed by atoms with Crippen molar-refractivity contribution in [3.8, 4) is 5.75 Å². The third kappa shape index (κ3) is 5.43. The molecule has 0 saturated carbocycles. The van der Waals surface area contributed by atoms with Crippen LogP contribution in [0.1, 0.15) is 42.1 Å². The van der Waals surface area contributed by atoms with Crippen LogP contribution >= 0.6 is 0 Å². The average Bonchev–Trinajstić information content (AvgIpc) is 2.60. The number of unbranched alkanes of at least 4 members (excludes halogenated alkanes) is 2. The number of ether oxygens (including phenoxy) is 1. The summed E-state index contributed by atoms with van der Waals surface area (Å²) in [5.74, 6) is 0.504. The van der Waals surface area contributed by atoms with E-state index in [1.807, 2.05) is 24.3 Å². The maximum atomic E-state index is 12.0. The van der Waals surface area contributed by atoms with Gasteiger partial charge in [-0.25, -0.2) is 5.43 Å². The van der Waals surface area contributed by atoms with Crippen molar-refractivity contribution in [1.82, 2.24) is 5.43 Å². The fourth-order valence-electron chi connectivity index (χ4n) is 2.12. The molecule has 5 nitrogen and oxygen atoms in total. The highest BCUT2D eigenvalue weighted by molar-refractivity contribution is 5.99. The van der Waals surface area contributed by atoms with Gasteiger partial charge in [-0.2, -0.15) is 5.10 Å². The zero-order valence-electron chi connectivity index (χ0n) is 13.9. The van der Waals surface area contributed by atoms with E-state index in [2.05, 4.69) is 17.5 Å². The highest BCUT2D eigenvalue weighted by atomic mass is 16.5. The molecule has 0 fully saturated rings. The van der Waals surface area contributed by atoms with Crippen molar-refractivity contribution < 1.29 is 9.53 Å². The van der Waals surface area contributed by atoms with Crippen molar-refractivity contribution in [3.63, 3.8) is 0 Å². The maximum absolute atomic E-state index is 12.0. The normalized spacial score (nSPS) is 10.7. The van der Waals surface area contributed by atoms with Crippen LogP contribution in [-0.2, 0) is 0 Å². The number of rotatable bonds is 8. The Morgan fingerprint density at radius 1 is 1.17 bits per heavy atom. The number of nitrogens with zero attached hydrogens (tertiary/aromatic N) is 1. The standard InChI is InChI=1S/C19H23N3O2/c1-2-3-6-13-24-16-11-9-15(10-12-16)14-21-22-19(23)17-7-4-5-8-18(17)20/h4-5,7-12,14H,2-3,6,13,20H2,1H3,(H,22,23)/b21-14+. The van der Waals surface area contributed by atoms with E-state index in [4.69, 9.17) is 10.5 Å². The SMILES string of the molecule is CCCCCOc1ccc(/C=N/NC(=O)c2ccccc2N)cc1. The Morgan fingerprint density at radius 2 is 1.92 bits per heavy atom. The third-order valence-electron chi connectivity index (χ3n) is 3.48. The van der Waals surface area contributed by atoms with Gasteiger partial charge >= 0.3 is 0 Å². The molecule has 126 valence electrons. The summed E-state index contributed by atoms with van der Waals surface area (Å²) >= 11 is 0. The van der Waals surface area contributed by atoms with E-state index in [1.165, 1.54) is 12.8 Å². The summed E-state index contributed by atoms with van der Waals surface area (Å²) in [4.78, 5) is 12.0. The number of carbonyl (C=O) groups is 1. The van der Waals surface area contributed by atoms with Crippen LogP contribution in [-0.4, -0.2) is 18.7 Å². The van der Waals surface area contributed by atoms with E-state index < -0.39 is 0 Å². The molecule has 0 atom stereocenters. The van der Waals surface area contributed by atoms with Crippen molar-refractivity contribution in [1.29, 1.82) is 0 Å². The second-order valence-electron chi connectivity index (χ2n) is 5.41. The number of nitrogens with one attached hydrogen (secondary N) is 1. The Hall–Kier alpha value is -2.82. The number of nitrogen functional groups attached to an aromatic ring is 1. The van der Waals surface area contributed by atoms with Gasteiger partial charge in [0.15, 0.2) is 0 Å². The lowest BCUT2D eigenvalue weighted by molar-refractivity contribution is 0.0956. The molecular formula is C19H23N3O2. The molecule has 2 aromatic rings. The van der Waals surface area contributed by atoms with Gasteiger partial charge in [0, 0.05) is 5.69 Å². The zero-order valence-corrected chi connectivity index (χ0v) is 13.9. The molecule has 24 heavy (non-hydrogen) atoms. The number of hydrazone groups is 1. The number of para-hydroxylation sites is 1. The van der Waals surface area contributed by atoms with Crippen molar-refractivity contribution >= 4 is 17.8 Å². The van der Waals surface area contributed by atoms with Gasteiger partial charge in [-0.3, -0.25) is 4.79 Å². The summed E-state index contributed by atoms with van der Waals surface area (Å²) in [6.45, 7) is 2.90. The quantitative estimate of drug-likeness (QED) is 0.337. The number of hydrogen-bond donors (Lipinski definition) is 2. The molecule has 0 unspecified atom stereocenters. The Labute approximate surface area is 142 Å². The van der Waals surface area contributed by atoms with E-state index in [1.54, 1.807) is 30.5 Å². The van der Waals surface area contributed by atoms with Crippen molar-refractivity contribution in [3.05, 3.63) is 59.7 Å². The van der Waals surface area contributed by atoms with Crippen molar-refractivity contribution in [2.45, 2.75) is 26.2 Å². The first kappa shape index (κ1) is 17.5. The fourth-order valence-corrected chi connectivity index (χ4v) is 2.12. The van der Waals surface area contributed by atoms with Gasteiger partial charge in [0.2, 0.25) is 0 Å². The molecule has 0 radical (unpaired) electrons. The minimum atomic E-state index is -0.333. The van der Waals surface area contributed by atoms with Crippen LogP contribution in [0.25, 0.3) is 0 Å². The summed E-state index contributed by atoms with van der Waals surface area (Å²) in [7, 11) is 0. The molecule has 0 aliphatic heterocycles. The number of carbonyl (C=O) groups excluding carboxylic acids is 1. The van der Waals surface area contributed by atoms with Crippen LogP contribution in [0, 0.1) is 0 Å². The van der Waals surface area contributed by atoms with E-state index in [0.717, 1.165) is 24.3 Å². The molecule has 5 heteroatoms. The molecule has 0 spiro atoms. The van der Waals surface area contributed by atoms with Crippen molar-refractivity contribution in [2.75, 3.05) is 12.3 Å². The predicted molar refractivity (Wildman–Crippen MR) is 97.4 cm³/mol. The minimum absolute atomic E-state index is 0.333. The van der Waals surface area contributed by atoms with Crippen LogP contribution in [0.3, 0.4) is 0 Å². The molecule has 2 rings (SSSR count). The van der Waals surface area contributed by atoms with Crippen LogP contribution in [0.15, 0.2) is 53.6 Å². The van der Waals surface area contributed by atoms with Crippen molar-refractivity contribution in [2.24, 2.45) is 5.10 Å². The number of benzene rings is 2. The Bertz CT molecular complexity index is 681. The average molecular weight is 325 g/mol. The molecule has 3 N–H and O–H groups in total. The summed E-state index contributed by atoms with van der Waals surface area (Å²) in [5.41, 5.74) is 9.93. The van der Waals surface area contributed by atoms with Crippen LogP contribution in [0.2, 0.25) is 0 Å². The molecule has 1 amide bonds. The number of hydrogen-bond acceptors (Lipinski definition) is 4. The monoisotopic (exact) mass is 325 g/mol. The number of amides is 1. The molecule has 0 aliphatic carbocycles. The van der Waals surface area contributed by atoms with E-state index >= 15 is 0 Å². The van der Waals surface area contributed by atoms with Crippen LogP contribution < -0.4 is 15.9 Å². The molecular weight excluding hydrogens is 302 g/mol. The van der Waals surface area contributed by atoms with Gasteiger partial charge in [0.25, 0.3) is 5.91 Å². The molecule has 0 bridgehead atoms. The number of nitrogens with two attached hydrogens (primary N) is 1. The minimum Gasteiger partial charge on any atom is -0.494 e. The maximum Gasteiger partial charge on any atom is 0.273 e.